The lowest BCUT2D eigenvalue weighted by atomic mass is 9.69. The summed E-state index contributed by atoms with van der Waals surface area (Å²) in [5.74, 6) is 0.168. The van der Waals surface area contributed by atoms with Gasteiger partial charge in [-0.15, -0.1) is 0 Å². The van der Waals surface area contributed by atoms with Gasteiger partial charge < -0.3 is 20.4 Å². The molecule has 2 aliphatic heterocycles. The third-order valence-electron chi connectivity index (χ3n) is 6.55. The molecule has 0 bridgehead atoms. The predicted octanol–water partition coefficient (Wildman–Crippen LogP) is 3.28. The molecule has 25 heavy (non-hydrogen) atoms. The number of fused-ring (bicyclic) bond motifs is 4. The first kappa shape index (κ1) is 14.8. The summed E-state index contributed by atoms with van der Waals surface area (Å²) in [6, 6.07) is 5.94. The van der Waals surface area contributed by atoms with Gasteiger partial charge in [-0.2, -0.15) is 0 Å². The number of aromatic amines is 1. The number of aliphatic hydroxyl groups excluding tert-OH is 1. The Morgan fingerprint density at radius 3 is 2.88 bits per heavy atom. The topological polar surface area (TPSA) is 80.2 Å². The zero-order valence-corrected chi connectivity index (χ0v) is 14.6. The van der Waals surface area contributed by atoms with Crippen molar-refractivity contribution in [1.82, 2.24) is 9.88 Å². The van der Waals surface area contributed by atoms with Crippen molar-refractivity contribution in [2.45, 2.75) is 44.7 Å². The van der Waals surface area contributed by atoms with Gasteiger partial charge in [-0.1, -0.05) is 12.1 Å². The number of benzene rings is 1. The SMILES string of the molecule is CC(=N)C1=C(O)[C@@H]2[C@@H]3c4c[nH]c5cccc(c45)C[C@H]3C(C)(C)N2C1=O. The fourth-order valence-corrected chi connectivity index (χ4v) is 5.49. The minimum atomic E-state index is -0.380. The quantitative estimate of drug-likeness (QED) is 0.699. The average Bonchev–Trinajstić information content (AvgIpc) is 3.14. The van der Waals surface area contributed by atoms with Crippen molar-refractivity contribution in [3.63, 3.8) is 0 Å². The van der Waals surface area contributed by atoms with Gasteiger partial charge in [0.15, 0.2) is 0 Å². The molecule has 3 N–H and O–H groups in total. The third kappa shape index (κ3) is 1.54. The maximum Gasteiger partial charge on any atom is 0.260 e. The number of carbonyl (C=O) groups is 1. The number of rotatable bonds is 1. The number of aromatic nitrogens is 1. The largest absolute Gasteiger partial charge is 0.509 e. The van der Waals surface area contributed by atoms with Crippen LogP contribution < -0.4 is 0 Å². The summed E-state index contributed by atoms with van der Waals surface area (Å²) in [7, 11) is 0. The van der Waals surface area contributed by atoms with E-state index < -0.39 is 0 Å². The summed E-state index contributed by atoms with van der Waals surface area (Å²) in [5.41, 5.74) is 3.55. The molecule has 0 spiro atoms. The zero-order valence-electron chi connectivity index (χ0n) is 14.6. The van der Waals surface area contributed by atoms with Gasteiger partial charge in [0.05, 0.1) is 11.6 Å². The smallest absolute Gasteiger partial charge is 0.260 e. The molecular formula is C20H21N3O2. The van der Waals surface area contributed by atoms with E-state index in [1.165, 1.54) is 16.5 Å². The van der Waals surface area contributed by atoms with Gasteiger partial charge in [0, 0.05) is 34.3 Å². The van der Waals surface area contributed by atoms with Crippen molar-refractivity contribution >= 4 is 22.5 Å². The monoisotopic (exact) mass is 335 g/mol. The molecule has 1 saturated heterocycles. The number of nitrogens with zero attached hydrogens (tertiary/aromatic N) is 1. The molecule has 1 aromatic heterocycles. The molecule has 3 aliphatic rings. The highest BCUT2D eigenvalue weighted by atomic mass is 16.3. The van der Waals surface area contributed by atoms with Gasteiger partial charge in [0.1, 0.15) is 5.76 Å². The lowest BCUT2D eigenvalue weighted by molar-refractivity contribution is -0.130. The van der Waals surface area contributed by atoms with Crippen LogP contribution in [0.5, 0.6) is 0 Å². The molecule has 1 aliphatic carbocycles. The molecule has 0 radical (unpaired) electrons. The highest BCUT2D eigenvalue weighted by molar-refractivity contribution is 6.22. The lowest BCUT2D eigenvalue weighted by Gasteiger charge is -2.37. The Kier molecular flexibility index (Phi) is 2.56. The van der Waals surface area contributed by atoms with E-state index in [1.54, 1.807) is 6.92 Å². The van der Waals surface area contributed by atoms with E-state index in [2.05, 4.69) is 37.0 Å². The fraction of sp³-hybridized carbons (Fsp3) is 0.400. The zero-order chi connectivity index (χ0) is 17.7. The first-order chi connectivity index (χ1) is 11.8. The minimum Gasteiger partial charge on any atom is -0.509 e. The second kappa shape index (κ2) is 4.34. The van der Waals surface area contributed by atoms with Crippen molar-refractivity contribution in [1.29, 1.82) is 5.41 Å². The number of hydrogen-bond acceptors (Lipinski definition) is 3. The van der Waals surface area contributed by atoms with Gasteiger partial charge in [-0.3, -0.25) is 4.79 Å². The van der Waals surface area contributed by atoms with Gasteiger partial charge >= 0.3 is 0 Å². The van der Waals surface area contributed by atoms with Crippen molar-refractivity contribution in [2.24, 2.45) is 5.92 Å². The Hall–Kier alpha value is -2.56. The van der Waals surface area contributed by atoms with E-state index in [0.29, 0.717) is 0 Å². The Morgan fingerprint density at radius 1 is 1.40 bits per heavy atom. The second-order valence-corrected chi connectivity index (χ2v) is 8.08. The standard InChI is InChI=1S/C20H21N3O2/c1-9(21)14-18(24)17-16-11-8-22-13-6-4-5-10(15(11)13)7-12(16)20(2,3)23(17)19(14)25/h4-6,8,12,16-17,21-22,24H,7H2,1-3H3/t12-,16-,17+/m1/s1. The van der Waals surface area contributed by atoms with Crippen LogP contribution >= 0.6 is 0 Å². The maximum absolute atomic E-state index is 13.0. The number of nitrogens with one attached hydrogen (secondary N) is 2. The Labute approximate surface area is 145 Å². The predicted molar refractivity (Wildman–Crippen MR) is 96.0 cm³/mol. The van der Waals surface area contributed by atoms with E-state index in [1.807, 2.05) is 11.1 Å². The number of amides is 1. The van der Waals surface area contributed by atoms with Gasteiger partial charge in [0.2, 0.25) is 0 Å². The van der Waals surface area contributed by atoms with Crippen LogP contribution in [0.2, 0.25) is 0 Å². The van der Waals surface area contributed by atoms with Crippen molar-refractivity contribution in [3.05, 3.63) is 46.9 Å². The van der Waals surface area contributed by atoms with E-state index in [4.69, 9.17) is 5.41 Å². The van der Waals surface area contributed by atoms with Crippen molar-refractivity contribution < 1.29 is 9.90 Å². The Morgan fingerprint density at radius 2 is 2.16 bits per heavy atom. The van der Waals surface area contributed by atoms with E-state index in [0.717, 1.165) is 11.9 Å². The van der Waals surface area contributed by atoms with E-state index in [9.17, 15) is 9.90 Å². The molecule has 128 valence electrons. The average molecular weight is 335 g/mol. The van der Waals surface area contributed by atoms with E-state index in [-0.39, 0.29) is 46.4 Å². The molecule has 5 heteroatoms. The molecule has 0 saturated carbocycles. The van der Waals surface area contributed by atoms with Crippen LogP contribution in [0.3, 0.4) is 0 Å². The number of aliphatic hydroxyl groups is 1. The van der Waals surface area contributed by atoms with Crippen LogP contribution in [0.25, 0.3) is 10.9 Å². The molecule has 5 rings (SSSR count). The summed E-state index contributed by atoms with van der Waals surface area (Å²) in [6.45, 7) is 5.76. The lowest BCUT2D eigenvalue weighted by Crippen LogP contribution is -2.47. The Bertz CT molecular complexity index is 998. The molecule has 5 nitrogen and oxygen atoms in total. The van der Waals surface area contributed by atoms with Crippen LogP contribution in [-0.4, -0.2) is 38.2 Å². The Balaban J connectivity index is 1.78. The summed E-state index contributed by atoms with van der Waals surface area (Å²) < 4.78 is 0. The first-order valence-electron chi connectivity index (χ1n) is 8.75. The molecular weight excluding hydrogens is 314 g/mol. The normalized spacial score (nSPS) is 29.3. The highest BCUT2D eigenvalue weighted by Crippen LogP contribution is 2.58. The van der Waals surface area contributed by atoms with Crippen LogP contribution in [0.15, 0.2) is 35.7 Å². The fourth-order valence-electron chi connectivity index (χ4n) is 5.49. The highest BCUT2D eigenvalue weighted by Gasteiger charge is 2.62. The van der Waals surface area contributed by atoms with Gasteiger partial charge in [-0.05, 0) is 50.3 Å². The van der Waals surface area contributed by atoms with Crippen molar-refractivity contribution in [2.75, 3.05) is 0 Å². The van der Waals surface area contributed by atoms with Crippen LogP contribution in [0, 0.1) is 11.3 Å². The van der Waals surface area contributed by atoms with Crippen LogP contribution in [0.1, 0.15) is 37.8 Å². The number of carbonyl (C=O) groups excluding carboxylic acids is 1. The van der Waals surface area contributed by atoms with Gasteiger partial charge in [0.25, 0.3) is 5.91 Å². The molecule has 1 fully saturated rings. The summed E-state index contributed by atoms with van der Waals surface area (Å²) in [6.07, 6.45) is 2.93. The summed E-state index contributed by atoms with van der Waals surface area (Å²) in [5, 5.41) is 20.0. The maximum atomic E-state index is 13.0. The number of hydrogen-bond donors (Lipinski definition) is 3. The molecule has 3 atom stereocenters. The molecule has 3 heterocycles. The number of H-pyrrole nitrogens is 1. The second-order valence-electron chi connectivity index (χ2n) is 8.08. The molecule has 2 aromatic rings. The summed E-state index contributed by atoms with van der Waals surface area (Å²) >= 11 is 0. The first-order valence-corrected chi connectivity index (χ1v) is 8.75. The van der Waals surface area contributed by atoms with Crippen molar-refractivity contribution in [3.8, 4) is 0 Å². The molecule has 1 aromatic carbocycles. The third-order valence-corrected chi connectivity index (χ3v) is 6.55. The van der Waals surface area contributed by atoms with Crippen LogP contribution in [0.4, 0.5) is 0 Å². The van der Waals surface area contributed by atoms with E-state index >= 15 is 0 Å². The molecule has 0 unspecified atom stereocenters. The summed E-state index contributed by atoms with van der Waals surface area (Å²) in [4.78, 5) is 18.2. The minimum absolute atomic E-state index is 0.0550. The van der Waals surface area contributed by atoms with Gasteiger partial charge in [-0.25, -0.2) is 0 Å². The van der Waals surface area contributed by atoms with Crippen LogP contribution in [-0.2, 0) is 11.2 Å². The molecule has 1 amide bonds.